The summed E-state index contributed by atoms with van der Waals surface area (Å²) < 4.78 is 29.2. The van der Waals surface area contributed by atoms with E-state index in [1.165, 1.54) is 6.07 Å². The van der Waals surface area contributed by atoms with E-state index in [9.17, 15) is 18.8 Å². The Bertz CT molecular complexity index is 923. The molecule has 3 rings (SSSR count). The van der Waals surface area contributed by atoms with E-state index in [1.807, 2.05) is 0 Å². The molecule has 0 aliphatic carbocycles. The van der Waals surface area contributed by atoms with Crippen LogP contribution in [0.15, 0.2) is 42.5 Å². The number of carbonyl (C=O) groups excluding carboxylic acids is 3. The number of ether oxygens (including phenoxy) is 3. The van der Waals surface area contributed by atoms with Crippen LogP contribution in [-0.2, 0) is 14.3 Å². The van der Waals surface area contributed by atoms with Gasteiger partial charge in [-0.3, -0.25) is 20.4 Å². The van der Waals surface area contributed by atoms with E-state index in [0.29, 0.717) is 11.5 Å². The predicted molar refractivity (Wildman–Crippen MR) is 94.3 cm³/mol. The Labute approximate surface area is 163 Å². The summed E-state index contributed by atoms with van der Waals surface area (Å²) in [5.41, 5.74) is 3.84. The number of rotatable bonds is 4. The molecule has 28 heavy (non-hydrogen) atoms. The minimum absolute atomic E-state index is 0.0381. The first-order chi connectivity index (χ1) is 13.4. The van der Waals surface area contributed by atoms with Gasteiger partial charge in [-0.1, -0.05) is 23.7 Å². The van der Waals surface area contributed by atoms with E-state index in [-0.39, 0.29) is 17.2 Å². The second kappa shape index (κ2) is 8.57. The molecule has 1 atom stereocenters. The molecular weight excluding hydrogens is 395 g/mol. The third-order valence-corrected chi connectivity index (χ3v) is 3.85. The molecule has 0 spiro atoms. The SMILES string of the molecule is O=C(COC(=O)c1ccc(Cl)cc1F)NNC(=O)[C@H]1COc2ccccc2O1. The van der Waals surface area contributed by atoms with Crippen molar-refractivity contribution < 1.29 is 33.0 Å². The van der Waals surface area contributed by atoms with Gasteiger partial charge >= 0.3 is 5.97 Å². The molecule has 10 heteroatoms. The Kier molecular flexibility index (Phi) is 5.95. The van der Waals surface area contributed by atoms with Gasteiger partial charge in [-0.2, -0.15) is 0 Å². The minimum atomic E-state index is -1.05. The first kappa shape index (κ1) is 19.4. The predicted octanol–water partition coefficient (Wildman–Crippen LogP) is 1.62. The number of esters is 1. The number of amides is 2. The fourth-order valence-corrected chi connectivity index (χ4v) is 2.42. The summed E-state index contributed by atoms with van der Waals surface area (Å²) in [6, 6.07) is 10.2. The van der Waals surface area contributed by atoms with Crippen molar-refractivity contribution in [1.82, 2.24) is 10.9 Å². The van der Waals surface area contributed by atoms with E-state index in [1.54, 1.807) is 24.3 Å². The van der Waals surface area contributed by atoms with Gasteiger partial charge in [0.15, 0.2) is 18.1 Å². The highest BCUT2D eigenvalue weighted by Gasteiger charge is 2.27. The third-order valence-electron chi connectivity index (χ3n) is 3.61. The molecule has 2 N–H and O–H groups in total. The summed E-state index contributed by atoms with van der Waals surface area (Å²) in [7, 11) is 0. The lowest BCUT2D eigenvalue weighted by molar-refractivity contribution is -0.135. The fraction of sp³-hybridized carbons (Fsp3) is 0.167. The van der Waals surface area contributed by atoms with E-state index in [2.05, 4.69) is 10.9 Å². The number of fused-ring (bicyclic) bond motifs is 1. The van der Waals surface area contributed by atoms with Crippen molar-refractivity contribution in [3.63, 3.8) is 0 Å². The number of para-hydroxylation sites is 2. The zero-order chi connectivity index (χ0) is 20.1. The number of hydrogen-bond acceptors (Lipinski definition) is 6. The number of carbonyl (C=O) groups is 3. The highest BCUT2D eigenvalue weighted by Crippen LogP contribution is 2.30. The van der Waals surface area contributed by atoms with Crippen LogP contribution in [0.5, 0.6) is 11.5 Å². The molecular formula is C18H14ClFN2O6. The van der Waals surface area contributed by atoms with Crippen LogP contribution in [0.1, 0.15) is 10.4 Å². The molecule has 0 saturated heterocycles. The lowest BCUT2D eigenvalue weighted by atomic mass is 10.2. The smallest absolute Gasteiger partial charge is 0.341 e. The van der Waals surface area contributed by atoms with Gasteiger partial charge in [0.1, 0.15) is 12.4 Å². The number of halogens is 2. The largest absolute Gasteiger partial charge is 0.485 e. The van der Waals surface area contributed by atoms with Crippen LogP contribution < -0.4 is 20.3 Å². The third kappa shape index (κ3) is 4.68. The molecule has 146 valence electrons. The minimum Gasteiger partial charge on any atom is -0.485 e. The van der Waals surface area contributed by atoms with Gasteiger partial charge in [0, 0.05) is 5.02 Å². The van der Waals surface area contributed by atoms with Crippen molar-refractivity contribution in [3.8, 4) is 11.5 Å². The molecule has 0 fully saturated rings. The monoisotopic (exact) mass is 408 g/mol. The lowest BCUT2D eigenvalue weighted by Crippen LogP contribution is -2.51. The zero-order valence-electron chi connectivity index (χ0n) is 14.2. The molecule has 0 aromatic heterocycles. The molecule has 2 aromatic carbocycles. The van der Waals surface area contributed by atoms with Gasteiger partial charge in [-0.25, -0.2) is 9.18 Å². The summed E-state index contributed by atoms with van der Waals surface area (Å²) >= 11 is 5.60. The van der Waals surface area contributed by atoms with Gasteiger partial charge in [0.05, 0.1) is 5.56 Å². The molecule has 0 bridgehead atoms. The lowest BCUT2D eigenvalue weighted by Gasteiger charge is -2.25. The highest BCUT2D eigenvalue weighted by molar-refractivity contribution is 6.30. The molecule has 0 unspecified atom stereocenters. The van der Waals surface area contributed by atoms with Crippen LogP contribution in [0.4, 0.5) is 4.39 Å². The molecule has 2 aromatic rings. The van der Waals surface area contributed by atoms with Crippen LogP contribution in [-0.4, -0.2) is 37.1 Å². The highest BCUT2D eigenvalue weighted by atomic mass is 35.5. The Hall–Kier alpha value is -3.33. The van der Waals surface area contributed by atoms with E-state index in [4.69, 9.17) is 25.8 Å². The topological polar surface area (TPSA) is 103 Å². The summed E-state index contributed by atoms with van der Waals surface area (Å²) in [5.74, 6) is -2.49. The molecule has 2 amide bonds. The maximum atomic E-state index is 13.6. The molecule has 8 nitrogen and oxygen atoms in total. The van der Waals surface area contributed by atoms with Gasteiger partial charge < -0.3 is 14.2 Å². The maximum absolute atomic E-state index is 13.6. The van der Waals surface area contributed by atoms with Crippen LogP contribution in [0, 0.1) is 5.82 Å². The Morgan fingerprint density at radius 3 is 2.64 bits per heavy atom. The average molecular weight is 409 g/mol. The Morgan fingerprint density at radius 2 is 1.89 bits per heavy atom. The summed E-state index contributed by atoms with van der Waals surface area (Å²) in [6.07, 6.45) is -0.971. The van der Waals surface area contributed by atoms with Crippen molar-refractivity contribution >= 4 is 29.4 Å². The van der Waals surface area contributed by atoms with Crippen LogP contribution >= 0.6 is 11.6 Å². The molecule has 1 heterocycles. The fourth-order valence-electron chi connectivity index (χ4n) is 2.26. The van der Waals surface area contributed by atoms with Crippen LogP contribution in [0.2, 0.25) is 5.02 Å². The standard InChI is InChI=1S/C18H14ClFN2O6/c19-10-5-6-11(12(20)7-10)18(25)27-9-16(23)21-22-17(24)15-8-26-13-3-1-2-4-14(13)28-15/h1-7,15H,8-9H2,(H,21,23)(H,22,24)/t15-/m1/s1. The number of nitrogens with one attached hydrogen (secondary N) is 2. The first-order valence-corrected chi connectivity index (χ1v) is 8.41. The van der Waals surface area contributed by atoms with Crippen molar-refractivity contribution in [1.29, 1.82) is 0 Å². The first-order valence-electron chi connectivity index (χ1n) is 8.03. The van der Waals surface area contributed by atoms with E-state index < -0.39 is 36.3 Å². The Morgan fingerprint density at radius 1 is 1.14 bits per heavy atom. The molecule has 1 aliphatic heterocycles. The quantitative estimate of drug-likeness (QED) is 0.588. The van der Waals surface area contributed by atoms with Crippen LogP contribution in [0.3, 0.4) is 0 Å². The van der Waals surface area contributed by atoms with Gasteiger partial charge in [-0.15, -0.1) is 0 Å². The van der Waals surface area contributed by atoms with E-state index >= 15 is 0 Å². The zero-order valence-corrected chi connectivity index (χ0v) is 15.0. The normalized spacial score (nSPS) is 14.7. The maximum Gasteiger partial charge on any atom is 0.341 e. The molecule has 1 aliphatic rings. The Balaban J connectivity index is 1.44. The molecule has 0 saturated carbocycles. The van der Waals surface area contributed by atoms with Crippen molar-refractivity contribution in [3.05, 3.63) is 58.9 Å². The van der Waals surface area contributed by atoms with E-state index in [0.717, 1.165) is 12.1 Å². The average Bonchev–Trinajstić information content (AvgIpc) is 2.69. The second-order valence-electron chi connectivity index (χ2n) is 5.60. The van der Waals surface area contributed by atoms with Gasteiger partial charge in [0.25, 0.3) is 11.8 Å². The summed E-state index contributed by atoms with van der Waals surface area (Å²) in [5, 5.41) is 0.117. The number of hydrogen-bond donors (Lipinski definition) is 2. The summed E-state index contributed by atoms with van der Waals surface area (Å²) in [4.78, 5) is 35.5. The van der Waals surface area contributed by atoms with Gasteiger partial charge in [0.2, 0.25) is 6.10 Å². The number of benzene rings is 2. The number of hydrazine groups is 1. The van der Waals surface area contributed by atoms with Crippen molar-refractivity contribution in [2.24, 2.45) is 0 Å². The molecule has 0 radical (unpaired) electrons. The van der Waals surface area contributed by atoms with Crippen molar-refractivity contribution in [2.75, 3.05) is 13.2 Å². The second-order valence-corrected chi connectivity index (χ2v) is 6.04. The summed E-state index contributed by atoms with van der Waals surface area (Å²) in [6.45, 7) is -0.768. The van der Waals surface area contributed by atoms with Crippen LogP contribution in [0.25, 0.3) is 0 Å². The van der Waals surface area contributed by atoms with Crippen molar-refractivity contribution in [2.45, 2.75) is 6.10 Å². The van der Waals surface area contributed by atoms with Gasteiger partial charge in [-0.05, 0) is 30.3 Å².